The lowest BCUT2D eigenvalue weighted by molar-refractivity contribution is 0.0896. The highest BCUT2D eigenvalue weighted by molar-refractivity contribution is 7.12. The molecule has 2 aliphatic rings. The van der Waals surface area contributed by atoms with E-state index in [-0.39, 0.29) is 5.91 Å². The van der Waals surface area contributed by atoms with Gasteiger partial charge in [-0.25, -0.2) is 0 Å². The van der Waals surface area contributed by atoms with Crippen LogP contribution in [0.15, 0.2) is 11.4 Å². The Morgan fingerprint density at radius 1 is 1.40 bits per heavy atom. The summed E-state index contributed by atoms with van der Waals surface area (Å²) in [4.78, 5) is 13.2. The molecule has 1 unspecified atom stereocenters. The van der Waals surface area contributed by atoms with Crippen LogP contribution in [0.25, 0.3) is 0 Å². The molecule has 1 saturated heterocycles. The van der Waals surface area contributed by atoms with Gasteiger partial charge in [-0.05, 0) is 56.2 Å². The summed E-state index contributed by atoms with van der Waals surface area (Å²) in [6, 6.07) is 2.35. The third kappa shape index (κ3) is 2.91. The lowest BCUT2D eigenvalue weighted by Crippen LogP contribution is -2.57. The molecule has 1 aliphatic carbocycles. The maximum atomic E-state index is 12.3. The number of piperidine rings is 1. The van der Waals surface area contributed by atoms with Crippen LogP contribution >= 0.6 is 11.3 Å². The summed E-state index contributed by atoms with van der Waals surface area (Å²) in [6.07, 6.45) is 8.74. The van der Waals surface area contributed by atoms with Crippen LogP contribution in [-0.2, 0) is 0 Å². The van der Waals surface area contributed by atoms with E-state index < -0.39 is 0 Å². The maximum absolute atomic E-state index is 12.3. The molecule has 1 aromatic rings. The van der Waals surface area contributed by atoms with E-state index in [2.05, 4.69) is 10.6 Å². The molecule has 2 heterocycles. The van der Waals surface area contributed by atoms with E-state index in [0.717, 1.165) is 29.8 Å². The number of nitrogens with one attached hydrogen (secondary N) is 2. The number of amides is 1. The van der Waals surface area contributed by atoms with Crippen molar-refractivity contribution in [1.82, 2.24) is 10.6 Å². The Bertz CT molecular complexity index is 471. The molecule has 2 N–H and O–H groups in total. The lowest BCUT2D eigenvalue weighted by atomic mass is 9.75. The zero-order valence-electron chi connectivity index (χ0n) is 12.2. The maximum Gasteiger partial charge on any atom is 0.261 e. The molecule has 3 rings (SSSR count). The number of carbonyl (C=O) groups excluding carboxylic acids is 1. The Balaban J connectivity index is 1.63. The number of hydrogen-bond acceptors (Lipinski definition) is 3. The predicted octanol–water partition coefficient (Wildman–Crippen LogP) is 3.24. The van der Waals surface area contributed by atoms with E-state index in [4.69, 9.17) is 0 Å². The van der Waals surface area contributed by atoms with Crippen LogP contribution < -0.4 is 10.6 Å². The van der Waals surface area contributed by atoms with Crippen molar-refractivity contribution >= 4 is 17.2 Å². The van der Waals surface area contributed by atoms with Crippen molar-refractivity contribution in [3.8, 4) is 0 Å². The Morgan fingerprint density at radius 2 is 2.20 bits per heavy atom. The minimum atomic E-state index is 0.121. The summed E-state index contributed by atoms with van der Waals surface area (Å²) in [5, 5.41) is 9.00. The molecule has 0 aromatic carbocycles. The summed E-state index contributed by atoms with van der Waals surface area (Å²) in [6.45, 7) is 3.05. The fraction of sp³-hybridized carbons (Fsp3) is 0.688. The summed E-state index contributed by atoms with van der Waals surface area (Å²) in [7, 11) is 0. The molecule has 1 saturated carbocycles. The average Bonchev–Trinajstić information content (AvgIpc) is 2.86. The first-order chi connectivity index (χ1) is 9.69. The first kappa shape index (κ1) is 14.1. The fourth-order valence-corrected chi connectivity index (χ4v) is 4.57. The third-order valence-corrected chi connectivity index (χ3v) is 5.86. The van der Waals surface area contributed by atoms with Crippen molar-refractivity contribution < 1.29 is 4.79 Å². The van der Waals surface area contributed by atoms with Crippen LogP contribution in [0.3, 0.4) is 0 Å². The van der Waals surface area contributed by atoms with E-state index in [1.54, 1.807) is 11.3 Å². The first-order valence-electron chi connectivity index (χ1n) is 7.79. The molecule has 3 nitrogen and oxygen atoms in total. The van der Waals surface area contributed by atoms with E-state index in [0.29, 0.717) is 11.6 Å². The quantitative estimate of drug-likeness (QED) is 0.878. The Hall–Kier alpha value is -0.870. The highest BCUT2D eigenvalue weighted by Crippen LogP contribution is 2.34. The molecule has 0 bridgehead atoms. The van der Waals surface area contributed by atoms with Gasteiger partial charge in [0.2, 0.25) is 0 Å². The molecular formula is C16H24N2OS. The van der Waals surface area contributed by atoms with Crippen LogP contribution in [0.2, 0.25) is 0 Å². The van der Waals surface area contributed by atoms with Gasteiger partial charge in [-0.2, -0.15) is 0 Å². The van der Waals surface area contributed by atoms with Gasteiger partial charge in [0.25, 0.3) is 5.91 Å². The van der Waals surface area contributed by atoms with Crippen LogP contribution in [-0.4, -0.2) is 24.0 Å². The van der Waals surface area contributed by atoms with Gasteiger partial charge in [-0.15, -0.1) is 11.3 Å². The Kier molecular flexibility index (Phi) is 4.13. The van der Waals surface area contributed by atoms with Gasteiger partial charge in [-0.1, -0.05) is 19.3 Å². The fourth-order valence-electron chi connectivity index (χ4n) is 3.75. The van der Waals surface area contributed by atoms with Crippen LogP contribution in [0.5, 0.6) is 0 Å². The third-order valence-electron chi connectivity index (χ3n) is 4.84. The minimum absolute atomic E-state index is 0.121. The number of thiophene rings is 1. The topological polar surface area (TPSA) is 41.1 Å². The predicted molar refractivity (Wildman–Crippen MR) is 83.4 cm³/mol. The second-order valence-electron chi connectivity index (χ2n) is 6.36. The van der Waals surface area contributed by atoms with Crippen molar-refractivity contribution in [3.63, 3.8) is 0 Å². The summed E-state index contributed by atoms with van der Waals surface area (Å²) < 4.78 is 0. The molecule has 1 atom stereocenters. The van der Waals surface area contributed by atoms with Gasteiger partial charge in [-0.3, -0.25) is 4.79 Å². The van der Waals surface area contributed by atoms with Crippen molar-refractivity contribution in [1.29, 1.82) is 0 Å². The van der Waals surface area contributed by atoms with Gasteiger partial charge in [0.15, 0.2) is 0 Å². The van der Waals surface area contributed by atoms with Crippen molar-refractivity contribution in [2.45, 2.75) is 63.5 Å². The number of hydrogen-bond donors (Lipinski definition) is 2. The van der Waals surface area contributed by atoms with E-state index in [1.807, 2.05) is 18.4 Å². The number of rotatable bonds is 2. The average molecular weight is 292 g/mol. The minimum Gasteiger partial charge on any atom is -0.348 e. The second kappa shape index (κ2) is 5.86. The zero-order chi connectivity index (χ0) is 14.0. The second-order valence-corrected chi connectivity index (χ2v) is 7.28. The van der Waals surface area contributed by atoms with Crippen LogP contribution in [0.1, 0.15) is 60.2 Å². The summed E-state index contributed by atoms with van der Waals surface area (Å²) in [5.41, 5.74) is 1.40. The Morgan fingerprint density at radius 3 is 2.90 bits per heavy atom. The Labute approximate surface area is 125 Å². The molecule has 2 fully saturated rings. The van der Waals surface area contributed by atoms with E-state index in [1.165, 1.54) is 32.1 Å². The van der Waals surface area contributed by atoms with Crippen molar-refractivity contribution in [3.05, 3.63) is 21.9 Å². The molecule has 1 aromatic heterocycles. The molecule has 0 radical (unpaired) electrons. The highest BCUT2D eigenvalue weighted by Gasteiger charge is 2.37. The molecule has 1 aliphatic heterocycles. The number of aryl methyl sites for hydroxylation is 1. The molecule has 110 valence electrons. The van der Waals surface area contributed by atoms with Gasteiger partial charge in [0.1, 0.15) is 0 Å². The van der Waals surface area contributed by atoms with Gasteiger partial charge in [0, 0.05) is 11.6 Å². The van der Waals surface area contributed by atoms with Gasteiger partial charge < -0.3 is 10.6 Å². The largest absolute Gasteiger partial charge is 0.348 e. The summed E-state index contributed by atoms with van der Waals surface area (Å²) in [5.74, 6) is 0.121. The van der Waals surface area contributed by atoms with Gasteiger partial charge >= 0.3 is 0 Å². The van der Waals surface area contributed by atoms with Gasteiger partial charge in [0.05, 0.1) is 4.88 Å². The van der Waals surface area contributed by atoms with Crippen LogP contribution in [0, 0.1) is 6.92 Å². The van der Waals surface area contributed by atoms with Crippen LogP contribution in [0.4, 0.5) is 0 Å². The SMILES string of the molecule is Cc1ccsc1C(=O)NC1CCNC2(CCCCC2)C1. The molecule has 4 heteroatoms. The van der Waals surface area contributed by atoms with E-state index >= 15 is 0 Å². The number of carbonyl (C=O) groups is 1. The first-order valence-corrected chi connectivity index (χ1v) is 8.66. The summed E-state index contributed by atoms with van der Waals surface area (Å²) >= 11 is 1.55. The monoisotopic (exact) mass is 292 g/mol. The normalized spacial score (nSPS) is 25.6. The van der Waals surface area contributed by atoms with E-state index in [9.17, 15) is 4.79 Å². The molecule has 20 heavy (non-hydrogen) atoms. The zero-order valence-corrected chi connectivity index (χ0v) is 13.0. The smallest absolute Gasteiger partial charge is 0.261 e. The molecule has 1 spiro atoms. The lowest BCUT2D eigenvalue weighted by Gasteiger charge is -2.44. The van der Waals surface area contributed by atoms with Crippen molar-refractivity contribution in [2.24, 2.45) is 0 Å². The van der Waals surface area contributed by atoms with Crippen molar-refractivity contribution in [2.75, 3.05) is 6.54 Å². The molecule has 1 amide bonds. The molecular weight excluding hydrogens is 268 g/mol. The standard InChI is InChI=1S/C16H24N2OS/c1-12-6-10-20-14(12)15(19)18-13-5-9-17-16(11-13)7-3-2-4-8-16/h6,10,13,17H,2-5,7-9,11H2,1H3,(H,18,19). The highest BCUT2D eigenvalue weighted by atomic mass is 32.1.